The molecule has 0 radical (unpaired) electrons. The molecular weight excluding hydrogens is 409 g/mol. The molecular formula is C22H23Cl2N3O2. The van der Waals surface area contributed by atoms with Crippen LogP contribution in [0.1, 0.15) is 47.4 Å². The molecule has 0 aliphatic heterocycles. The molecule has 1 heterocycles. The summed E-state index contributed by atoms with van der Waals surface area (Å²) in [6.45, 7) is 5.58. The van der Waals surface area contributed by atoms with Crippen LogP contribution in [0, 0.1) is 0 Å². The molecule has 1 N–H and O–H groups in total. The van der Waals surface area contributed by atoms with Gasteiger partial charge in [0.05, 0.1) is 16.6 Å². The minimum atomic E-state index is -0.241. The summed E-state index contributed by atoms with van der Waals surface area (Å²) in [4.78, 5) is 18.5. The monoisotopic (exact) mass is 431 g/mol. The van der Waals surface area contributed by atoms with Gasteiger partial charge in [-0.3, -0.25) is 9.69 Å². The maximum atomic E-state index is 12.0. The molecule has 1 atom stereocenters. The first-order valence-electron chi connectivity index (χ1n) is 9.43. The van der Waals surface area contributed by atoms with Crippen molar-refractivity contribution in [1.29, 1.82) is 0 Å². The molecule has 152 valence electrons. The zero-order valence-corrected chi connectivity index (χ0v) is 17.9. The number of carbonyl (C=O) groups is 1. The fraction of sp³-hybridized carbons (Fsp3) is 0.273. The van der Waals surface area contributed by atoms with Gasteiger partial charge in [0.2, 0.25) is 5.89 Å². The molecule has 7 heteroatoms. The number of carbonyl (C=O) groups excluding carboxylic acids is 1. The zero-order valence-electron chi connectivity index (χ0n) is 16.4. The van der Waals surface area contributed by atoms with Crippen molar-refractivity contribution in [3.8, 4) is 0 Å². The minimum absolute atomic E-state index is 0.0884. The quantitative estimate of drug-likeness (QED) is 0.511. The van der Waals surface area contributed by atoms with Gasteiger partial charge < -0.3 is 9.73 Å². The minimum Gasteiger partial charge on any atom is -0.447 e. The average molecular weight is 432 g/mol. The first-order chi connectivity index (χ1) is 14.0. The second-order valence-electron chi connectivity index (χ2n) is 6.73. The molecule has 0 bridgehead atoms. The van der Waals surface area contributed by atoms with E-state index in [1.54, 1.807) is 6.07 Å². The Bertz CT molecular complexity index is 960. The van der Waals surface area contributed by atoms with Crippen LogP contribution in [-0.4, -0.2) is 22.3 Å². The van der Waals surface area contributed by atoms with E-state index in [0.717, 1.165) is 5.56 Å². The number of oxazole rings is 1. The van der Waals surface area contributed by atoms with Crippen LogP contribution >= 0.6 is 23.2 Å². The number of aromatic nitrogens is 1. The van der Waals surface area contributed by atoms with Gasteiger partial charge in [-0.25, -0.2) is 4.98 Å². The molecule has 0 spiro atoms. The van der Waals surface area contributed by atoms with Crippen LogP contribution in [0.25, 0.3) is 0 Å². The lowest BCUT2D eigenvalue weighted by atomic mass is 10.1. The molecule has 1 aromatic heterocycles. The predicted molar refractivity (Wildman–Crippen MR) is 115 cm³/mol. The third-order valence-corrected chi connectivity index (χ3v) is 5.40. The largest absolute Gasteiger partial charge is 0.447 e. The summed E-state index contributed by atoms with van der Waals surface area (Å²) in [6.07, 6.45) is 1.39. The highest BCUT2D eigenvalue weighted by molar-refractivity contribution is 6.42. The van der Waals surface area contributed by atoms with Crippen LogP contribution in [0.5, 0.6) is 0 Å². The number of benzene rings is 2. The SMILES string of the molecule is CCNC(=O)c1coc(CN(Cc2ccc(Cl)c(Cl)c2)[C@@H](C)c2ccccc2)n1. The van der Waals surface area contributed by atoms with Gasteiger partial charge in [-0.1, -0.05) is 59.6 Å². The van der Waals surface area contributed by atoms with Gasteiger partial charge in [-0.2, -0.15) is 0 Å². The van der Waals surface area contributed by atoms with E-state index >= 15 is 0 Å². The number of hydrogen-bond donors (Lipinski definition) is 1. The van der Waals surface area contributed by atoms with Crippen molar-refractivity contribution >= 4 is 29.1 Å². The molecule has 2 aromatic carbocycles. The number of rotatable bonds is 8. The van der Waals surface area contributed by atoms with Crippen molar-refractivity contribution in [2.45, 2.75) is 33.0 Å². The molecule has 29 heavy (non-hydrogen) atoms. The summed E-state index contributed by atoms with van der Waals surface area (Å²) in [5.41, 5.74) is 2.48. The van der Waals surface area contributed by atoms with Crippen LogP contribution in [0.3, 0.4) is 0 Å². The summed E-state index contributed by atoms with van der Waals surface area (Å²) in [5, 5.41) is 3.77. The Kier molecular flexibility index (Phi) is 7.31. The highest BCUT2D eigenvalue weighted by atomic mass is 35.5. The summed E-state index contributed by atoms with van der Waals surface area (Å²) < 4.78 is 5.57. The second-order valence-corrected chi connectivity index (χ2v) is 7.54. The van der Waals surface area contributed by atoms with Crippen molar-refractivity contribution < 1.29 is 9.21 Å². The summed E-state index contributed by atoms with van der Waals surface area (Å²) >= 11 is 12.3. The topological polar surface area (TPSA) is 58.4 Å². The van der Waals surface area contributed by atoms with E-state index < -0.39 is 0 Å². The molecule has 3 aromatic rings. The Morgan fingerprint density at radius 2 is 1.90 bits per heavy atom. The smallest absolute Gasteiger partial charge is 0.273 e. The number of nitrogens with one attached hydrogen (secondary N) is 1. The van der Waals surface area contributed by atoms with Gasteiger partial charge in [0.1, 0.15) is 6.26 Å². The first-order valence-corrected chi connectivity index (χ1v) is 10.2. The van der Waals surface area contributed by atoms with Gasteiger partial charge >= 0.3 is 0 Å². The Balaban J connectivity index is 1.84. The number of amides is 1. The Hall–Kier alpha value is -2.34. The van der Waals surface area contributed by atoms with Crippen molar-refractivity contribution in [2.24, 2.45) is 0 Å². The molecule has 0 aliphatic rings. The van der Waals surface area contributed by atoms with E-state index in [4.69, 9.17) is 27.6 Å². The average Bonchev–Trinajstić information content (AvgIpc) is 3.19. The van der Waals surface area contributed by atoms with Crippen molar-refractivity contribution in [1.82, 2.24) is 15.2 Å². The standard InChI is InChI=1S/C22H23Cl2N3O2/c1-3-25-22(28)20-14-29-21(26-20)13-27(15(2)17-7-5-4-6-8-17)12-16-9-10-18(23)19(24)11-16/h4-11,14-15H,3,12-13H2,1-2H3,(H,25,28)/t15-/m0/s1. The van der Waals surface area contributed by atoms with Crippen molar-refractivity contribution in [2.75, 3.05) is 6.54 Å². The molecule has 1 amide bonds. The van der Waals surface area contributed by atoms with E-state index in [9.17, 15) is 4.79 Å². The third-order valence-electron chi connectivity index (χ3n) is 4.66. The number of nitrogens with zero attached hydrogens (tertiary/aromatic N) is 2. The van der Waals surface area contributed by atoms with Crippen molar-refractivity contribution in [3.63, 3.8) is 0 Å². The fourth-order valence-electron chi connectivity index (χ4n) is 3.06. The molecule has 0 saturated carbocycles. The van der Waals surface area contributed by atoms with Gasteiger partial charge in [-0.05, 0) is 37.1 Å². The van der Waals surface area contributed by atoms with Gasteiger partial charge in [0.25, 0.3) is 5.91 Å². The molecule has 0 fully saturated rings. The summed E-state index contributed by atoms with van der Waals surface area (Å²) in [5.74, 6) is 0.240. The normalized spacial score (nSPS) is 12.2. The van der Waals surface area contributed by atoms with Crippen LogP contribution in [0.4, 0.5) is 0 Å². The fourth-order valence-corrected chi connectivity index (χ4v) is 3.38. The zero-order chi connectivity index (χ0) is 20.8. The molecule has 0 saturated heterocycles. The van der Waals surface area contributed by atoms with E-state index in [0.29, 0.717) is 35.6 Å². The summed E-state index contributed by atoms with van der Waals surface area (Å²) in [7, 11) is 0. The highest BCUT2D eigenvalue weighted by Crippen LogP contribution is 2.27. The lowest BCUT2D eigenvalue weighted by Crippen LogP contribution is -2.27. The highest BCUT2D eigenvalue weighted by Gasteiger charge is 2.20. The Morgan fingerprint density at radius 3 is 2.59 bits per heavy atom. The van der Waals surface area contributed by atoms with Crippen molar-refractivity contribution in [3.05, 3.63) is 87.6 Å². The first kappa shape index (κ1) is 21.4. The lowest BCUT2D eigenvalue weighted by molar-refractivity contribution is 0.0950. The molecule has 0 unspecified atom stereocenters. The summed E-state index contributed by atoms with van der Waals surface area (Å²) in [6, 6.07) is 15.9. The predicted octanol–water partition coefficient (Wildman–Crippen LogP) is 5.49. The van der Waals surface area contributed by atoms with Gasteiger partial charge in [0, 0.05) is 19.1 Å². The number of hydrogen-bond acceptors (Lipinski definition) is 4. The van der Waals surface area contributed by atoms with Crippen LogP contribution in [0.2, 0.25) is 10.0 Å². The van der Waals surface area contributed by atoms with Crippen LogP contribution < -0.4 is 5.32 Å². The van der Waals surface area contributed by atoms with E-state index in [1.807, 2.05) is 37.3 Å². The van der Waals surface area contributed by atoms with Crippen LogP contribution in [0.15, 0.2) is 59.2 Å². The maximum Gasteiger partial charge on any atom is 0.273 e. The van der Waals surface area contributed by atoms with Crippen LogP contribution in [-0.2, 0) is 13.1 Å². The van der Waals surface area contributed by atoms with Gasteiger partial charge in [-0.15, -0.1) is 0 Å². The third kappa shape index (κ3) is 5.60. The van der Waals surface area contributed by atoms with Gasteiger partial charge in [0.15, 0.2) is 5.69 Å². The lowest BCUT2D eigenvalue weighted by Gasteiger charge is -2.28. The number of halogens is 2. The second kappa shape index (κ2) is 9.92. The Morgan fingerprint density at radius 1 is 1.14 bits per heavy atom. The Labute approximate surface area is 180 Å². The van der Waals surface area contributed by atoms with E-state index in [-0.39, 0.29) is 17.6 Å². The molecule has 0 aliphatic carbocycles. The van der Waals surface area contributed by atoms with E-state index in [1.165, 1.54) is 11.8 Å². The van der Waals surface area contributed by atoms with E-state index in [2.05, 4.69) is 34.3 Å². The molecule has 3 rings (SSSR count). The maximum absolute atomic E-state index is 12.0. The molecule has 5 nitrogen and oxygen atoms in total.